The SMILES string of the molecule is CCCCCS(=O)(=O)[C@]12[C@@H](O)CS(=O)(=O)[C@H]1[C@H]1C=C[C@H]2C1. The van der Waals surface area contributed by atoms with Gasteiger partial charge in [-0.05, 0) is 18.8 Å². The van der Waals surface area contributed by atoms with E-state index in [1.165, 1.54) is 0 Å². The van der Waals surface area contributed by atoms with Crippen LogP contribution in [0.1, 0.15) is 32.6 Å². The second-order valence-electron chi connectivity index (χ2n) is 6.54. The molecule has 3 aliphatic rings. The van der Waals surface area contributed by atoms with E-state index in [1.807, 2.05) is 19.1 Å². The molecular weight excluding hydrogens is 312 g/mol. The zero-order valence-corrected chi connectivity index (χ0v) is 13.7. The van der Waals surface area contributed by atoms with Crippen molar-refractivity contribution in [2.75, 3.05) is 11.5 Å². The molecule has 0 aromatic heterocycles. The van der Waals surface area contributed by atoms with Gasteiger partial charge in [0, 0.05) is 5.92 Å². The smallest absolute Gasteiger partial charge is 0.160 e. The Morgan fingerprint density at radius 3 is 2.67 bits per heavy atom. The molecule has 3 rings (SSSR count). The summed E-state index contributed by atoms with van der Waals surface area (Å²) in [7, 11) is -7.22. The van der Waals surface area contributed by atoms with Gasteiger partial charge in [-0.3, -0.25) is 0 Å². The molecule has 1 saturated heterocycles. The van der Waals surface area contributed by atoms with Crippen LogP contribution in [0.3, 0.4) is 0 Å². The molecule has 1 aliphatic heterocycles. The molecule has 2 aliphatic carbocycles. The fourth-order valence-corrected chi connectivity index (χ4v) is 10.7. The second-order valence-corrected chi connectivity index (χ2v) is 11.0. The number of hydrogen-bond donors (Lipinski definition) is 1. The molecule has 1 saturated carbocycles. The van der Waals surface area contributed by atoms with Crippen molar-refractivity contribution in [1.82, 2.24) is 0 Å². The second kappa shape index (κ2) is 4.80. The molecule has 0 unspecified atom stereocenters. The lowest BCUT2D eigenvalue weighted by Gasteiger charge is -2.37. The molecule has 2 bridgehead atoms. The Balaban J connectivity index is 2.07. The minimum absolute atomic E-state index is 0.0268. The molecule has 5 atom stereocenters. The van der Waals surface area contributed by atoms with Crippen molar-refractivity contribution in [3.05, 3.63) is 12.2 Å². The summed E-state index contributed by atoms with van der Waals surface area (Å²) in [5.41, 5.74) is 0. The van der Waals surface area contributed by atoms with Crippen LogP contribution in [0.15, 0.2) is 12.2 Å². The molecular formula is C14H22O5S2. The monoisotopic (exact) mass is 334 g/mol. The number of aliphatic hydroxyl groups is 1. The zero-order chi connectivity index (χ0) is 15.5. The maximum absolute atomic E-state index is 12.9. The molecule has 120 valence electrons. The first kappa shape index (κ1) is 15.5. The third-order valence-corrected chi connectivity index (χ3v) is 10.6. The lowest BCUT2D eigenvalue weighted by Crippen LogP contribution is -2.57. The van der Waals surface area contributed by atoms with Crippen LogP contribution in [0.4, 0.5) is 0 Å². The van der Waals surface area contributed by atoms with Crippen molar-refractivity contribution in [3.8, 4) is 0 Å². The minimum atomic E-state index is -3.66. The van der Waals surface area contributed by atoms with E-state index in [2.05, 4.69) is 0 Å². The molecule has 0 aromatic rings. The molecule has 7 heteroatoms. The van der Waals surface area contributed by atoms with Crippen LogP contribution < -0.4 is 0 Å². The highest BCUT2D eigenvalue weighted by molar-refractivity contribution is 7.97. The first-order chi connectivity index (χ1) is 9.77. The summed E-state index contributed by atoms with van der Waals surface area (Å²) in [6.07, 6.45) is 5.10. The molecule has 0 aromatic carbocycles. The summed E-state index contributed by atoms with van der Waals surface area (Å²) < 4.78 is 49.1. The number of rotatable bonds is 5. The van der Waals surface area contributed by atoms with E-state index in [0.29, 0.717) is 12.8 Å². The maximum Gasteiger partial charge on any atom is 0.160 e. The molecule has 1 heterocycles. The molecule has 5 nitrogen and oxygen atoms in total. The average Bonchev–Trinajstić information content (AvgIpc) is 3.01. The van der Waals surface area contributed by atoms with Gasteiger partial charge < -0.3 is 5.11 Å². The Morgan fingerprint density at radius 1 is 1.29 bits per heavy atom. The molecule has 0 spiro atoms. The van der Waals surface area contributed by atoms with Gasteiger partial charge in [-0.2, -0.15) is 0 Å². The fourth-order valence-electron chi connectivity index (χ4n) is 4.60. The highest BCUT2D eigenvalue weighted by Crippen LogP contribution is 2.59. The summed E-state index contributed by atoms with van der Waals surface area (Å²) in [6.45, 7) is 1.99. The maximum atomic E-state index is 12.9. The molecule has 1 N–H and O–H groups in total. The first-order valence-electron chi connectivity index (χ1n) is 7.57. The largest absolute Gasteiger partial charge is 0.390 e. The summed E-state index contributed by atoms with van der Waals surface area (Å²) in [5.74, 6) is -1.05. The molecule has 21 heavy (non-hydrogen) atoms. The number of allylic oxidation sites excluding steroid dienone is 2. The van der Waals surface area contributed by atoms with Crippen LogP contribution in [-0.4, -0.2) is 49.5 Å². The van der Waals surface area contributed by atoms with Gasteiger partial charge in [-0.15, -0.1) is 0 Å². The van der Waals surface area contributed by atoms with E-state index in [0.717, 1.165) is 12.8 Å². The number of hydrogen-bond acceptors (Lipinski definition) is 5. The summed E-state index contributed by atoms with van der Waals surface area (Å²) in [4.78, 5) is 0. The molecule has 0 radical (unpaired) electrons. The average molecular weight is 334 g/mol. The number of fused-ring (bicyclic) bond motifs is 5. The minimum Gasteiger partial charge on any atom is -0.390 e. The van der Waals surface area contributed by atoms with Gasteiger partial charge in [0.05, 0.1) is 22.9 Å². The van der Waals surface area contributed by atoms with E-state index in [4.69, 9.17) is 0 Å². The van der Waals surface area contributed by atoms with E-state index in [9.17, 15) is 21.9 Å². The van der Waals surface area contributed by atoms with Crippen molar-refractivity contribution in [2.45, 2.75) is 48.7 Å². The van der Waals surface area contributed by atoms with Crippen molar-refractivity contribution >= 4 is 19.7 Å². The Bertz CT molecular complexity index is 663. The predicted molar refractivity (Wildman–Crippen MR) is 80.4 cm³/mol. The number of sulfone groups is 2. The van der Waals surface area contributed by atoms with Crippen LogP contribution >= 0.6 is 0 Å². The van der Waals surface area contributed by atoms with Gasteiger partial charge >= 0.3 is 0 Å². The van der Waals surface area contributed by atoms with Crippen LogP contribution in [0.5, 0.6) is 0 Å². The number of aliphatic hydroxyl groups excluding tert-OH is 1. The molecule has 2 fully saturated rings. The zero-order valence-electron chi connectivity index (χ0n) is 12.1. The molecule has 0 amide bonds. The van der Waals surface area contributed by atoms with Crippen LogP contribution in [0.25, 0.3) is 0 Å². The van der Waals surface area contributed by atoms with Gasteiger partial charge in [0.2, 0.25) is 0 Å². The lowest BCUT2D eigenvalue weighted by molar-refractivity contribution is 0.142. The van der Waals surface area contributed by atoms with Gasteiger partial charge in [0.25, 0.3) is 0 Å². The van der Waals surface area contributed by atoms with Crippen molar-refractivity contribution < 1.29 is 21.9 Å². The predicted octanol–water partition coefficient (Wildman–Crippen LogP) is 0.694. The van der Waals surface area contributed by atoms with Gasteiger partial charge in [-0.1, -0.05) is 31.9 Å². The Kier molecular flexibility index (Phi) is 3.54. The quantitative estimate of drug-likeness (QED) is 0.590. The summed E-state index contributed by atoms with van der Waals surface area (Å²) in [6, 6.07) is 0. The van der Waals surface area contributed by atoms with Crippen LogP contribution in [0.2, 0.25) is 0 Å². The van der Waals surface area contributed by atoms with E-state index < -0.39 is 41.5 Å². The van der Waals surface area contributed by atoms with Crippen LogP contribution in [-0.2, 0) is 19.7 Å². The van der Waals surface area contributed by atoms with Gasteiger partial charge in [0.15, 0.2) is 19.7 Å². The fraction of sp³-hybridized carbons (Fsp3) is 0.857. The number of unbranched alkanes of at least 4 members (excludes halogenated alkanes) is 2. The van der Waals surface area contributed by atoms with Gasteiger partial charge in [0.1, 0.15) is 4.75 Å². The highest BCUT2D eigenvalue weighted by Gasteiger charge is 2.74. The van der Waals surface area contributed by atoms with Crippen molar-refractivity contribution in [2.24, 2.45) is 11.8 Å². The topological polar surface area (TPSA) is 88.5 Å². The Hall–Kier alpha value is -0.400. The van der Waals surface area contributed by atoms with Crippen molar-refractivity contribution in [3.63, 3.8) is 0 Å². The third kappa shape index (κ3) is 1.90. The standard InChI is InChI=1S/C14H22O5S2/c1-2-3-4-7-21(18,19)14-11-6-5-10(8-11)13(14)20(16,17)9-12(14)15/h5-6,10-13,15H,2-4,7-9H2,1H3/t10-,11-,12-,13-,14+/m0/s1. The Morgan fingerprint density at radius 2 is 2.00 bits per heavy atom. The summed E-state index contributed by atoms with van der Waals surface area (Å²) >= 11 is 0. The highest BCUT2D eigenvalue weighted by atomic mass is 32.2. The lowest BCUT2D eigenvalue weighted by atomic mass is 9.88. The normalized spacial score (nSPS) is 43.3. The van der Waals surface area contributed by atoms with Crippen LogP contribution in [0, 0.1) is 11.8 Å². The third-order valence-electron chi connectivity index (χ3n) is 5.38. The summed E-state index contributed by atoms with van der Waals surface area (Å²) in [5, 5.41) is 9.46. The van der Waals surface area contributed by atoms with Crippen molar-refractivity contribution in [1.29, 1.82) is 0 Å². The van der Waals surface area contributed by atoms with E-state index in [-0.39, 0.29) is 17.6 Å². The first-order valence-corrected chi connectivity index (χ1v) is 10.9. The Labute approximate surface area is 126 Å². The van der Waals surface area contributed by atoms with E-state index in [1.54, 1.807) is 0 Å². The van der Waals surface area contributed by atoms with E-state index >= 15 is 0 Å². The van der Waals surface area contributed by atoms with Gasteiger partial charge in [-0.25, -0.2) is 16.8 Å².